The van der Waals surface area contributed by atoms with Gasteiger partial charge in [-0.2, -0.15) is 5.10 Å². The number of anilines is 1. The summed E-state index contributed by atoms with van der Waals surface area (Å²) in [4.78, 5) is 20.3. The third kappa shape index (κ3) is 3.36. The topological polar surface area (TPSA) is 63.7 Å². The van der Waals surface area contributed by atoms with Crippen molar-refractivity contribution in [3.63, 3.8) is 0 Å². The number of nitrogens with one attached hydrogen (secondary N) is 1. The first-order valence-corrected chi connectivity index (χ1v) is 8.41. The van der Waals surface area contributed by atoms with Gasteiger partial charge in [0.15, 0.2) is 11.3 Å². The average molecular weight is 374 g/mol. The molecular formula is C20H12ClN5O. The van der Waals surface area contributed by atoms with Crippen LogP contribution in [0.15, 0.2) is 67.0 Å². The van der Waals surface area contributed by atoms with Crippen molar-refractivity contribution in [2.24, 2.45) is 0 Å². The van der Waals surface area contributed by atoms with Crippen molar-refractivity contribution in [1.29, 1.82) is 0 Å². The van der Waals surface area contributed by atoms with Gasteiger partial charge in [-0.1, -0.05) is 35.9 Å². The number of nitrogens with zero attached hydrogens (tertiary/aromatic N) is 4. The number of rotatable bonds is 3. The van der Waals surface area contributed by atoms with Gasteiger partial charge in [0, 0.05) is 22.5 Å². The molecule has 0 unspecified atom stereocenters. The standard InChI is InChI=1S/C20H12ClN5O/c1-22-15-5-7-16(8-6-15)24-20(27)18-9-10-26-19(25-18)17(12-23-26)13-3-2-4-14(21)11-13/h2-12H,(H,24,27). The van der Waals surface area contributed by atoms with E-state index in [1.54, 1.807) is 53.3 Å². The fourth-order valence-electron chi connectivity index (χ4n) is 2.67. The molecule has 0 aliphatic heterocycles. The molecule has 0 saturated carbocycles. The molecule has 1 amide bonds. The third-order valence-corrected chi connectivity index (χ3v) is 4.23. The molecule has 0 fully saturated rings. The molecule has 0 aliphatic rings. The number of halogens is 1. The first-order chi connectivity index (χ1) is 13.1. The number of hydrogen-bond donors (Lipinski definition) is 1. The summed E-state index contributed by atoms with van der Waals surface area (Å²) < 4.78 is 1.61. The van der Waals surface area contributed by atoms with Gasteiger partial charge >= 0.3 is 0 Å². The summed E-state index contributed by atoms with van der Waals surface area (Å²) >= 11 is 6.08. The Labute approximate surface area is 159 Å². The Balaban J connectivity index is 1.67. The van der Waals surface area contributed by atoms with Gasteiger partial charge < -0.3 is 5.32 Å². The van der Waals surface area contributed by atoms with Gasteiger partial charge in [-0.15, -0.1) is 0 Å². The first-order valence-electron chi connectivity index (χ1n) is 8.03. The van der Waals surface area contributed by atoms with E-state index in [0.717, 1.165) is 11.1 Å². The van der Waals surface area contributed by atoms with Crippen LogP contribution in [-0.4, -0.2) is 20.5 Å². The summed E-state index contributed by atoms with van der Waals surface area (Å²) in [6.07, 6.45) is 3.38. The third-order valence-electron chi connectivity index (χ3n) is 3.99. The van der Waals surface area contributed by atoms with E-state index in [1.807, 2.05) is 18.2 Å². The van der Waals surface area contributed by atoms with Crippen LogP contribution in [-0.2, 0) is 0 Å². The van der Waals surface area contributed by atoms with E-state index in [4.69, 9.17) is 18.2 Å². The largest absolute Gasteiger partial charge is 0.321 e. The molecule has 0 bridgehead atoms. The second kappa shape index (κ2) is 6.90. The van der Waals surface area contributed by atoms with Crippen molar-refractivity contribution in [2.75, 3.05) is 5.32 Å². The Morgan fingerprint density at radius 3 is 2.70 bits per heavy atom. The van der Waals surface area contributed by atoms with Crippen LogP contribution in [0.3, 0.4) is 0 Å². The molecule has 4 rings (SSSR count). The predicted molar refractivity (Wildman–Crippen MR) is 104 cm³/mol. The average Bonchev–Trinajstić information content (AvgIpc) is 3.12. The monoisotopic (exact) mass is 373 g/mol. The number of carbonyl (C=O) groups excluding carboxylic acids is 1. The Morgan fingerprint density at radius 1 is 1.15 bits per heavy atom. The predicted octanol–water partition coefficient (Wildman–Crippen LogP) is 4.85. The molecule has 27 heavy (non-hydrogen) atoms. The molecule has 1 N–H and O–H groups in total. The SMILES string of the molecule is [C-]#[N+]c1ccc(NC(=O)c2ccn3ncc(-c4cccc(Cl)c4)c3n2)cc1. The molecule has 0 aliphatic carbocycles. The second-order valence-corrected chi connectivity index (χ2v) is 6.20. The lowest BCUT2D eigenvalue weighted by molar-refractivity contribution is 0.102. The molecule has 7 heteroatoms. The number of carbonyl (C=O) groups is 1. The fourth-order valence-corrected chi connectivity index (χ4v) is 2.86. The van der Waals surface area contributed by atoms with Crippen LogP contribution in [0.1, 0.15) is 10.5 Å². The highest BCUT2D eigenvalue weighted by Gasteiger charge is 2.13. The summed E-state index contributed by atoms with van der Waals surface area (Å²) in [6.45, 7) is 6.97. The Morgan fingerprint density at radius 2 is 1.96 bits per heavy atom. The second-order valence-electron chi connectivity index (χ2n) is 5.76. The van der Waals surface area contributed by atoms with Gasteiger partial charge in [0.2, 0.25) is 0 Å². The maximum absolute atomic E-state index is 12.6. The van der Waals surface area contributed by atoms with E-state index in [1.165, 1.54) is 0 Å². The van der Waals surface area contributed by atoms with Crippen LogP contribution in [0.4, 0.5) is 11.4 Å². The Bertz CT molecular complexity index is 1190. The molecule has 2 aromatic carbocycles. The molecule has 2 heterocycles. The molecule has 4 aromatic rings. The van der Waals surface area contributed by atoms with Crippen LogP contribution in [0.2, 0.25) is 5.02 Å². The normalized spacial score (nSPS) is 10.5. The van der Waals surface area contributed by atoms with Crippen molar-refractivity contribution in [3.05, 3.63) is 89.1 Å². The summed E-state index contributed by atoms with van der Waals surface area (Å²) in [5.74, 6) is -0.341. The molecule has 0 spiro atoms. The van der Waals surface area contributed by atoms with E-state index in [2.05, 4.69) is 20.2 Å². The zero-order chi connectivity index (χ0) is 18.8. The highest BCUT2D eigenvalue weighted by molar-refractivity contribution is 6.30. The number of aromatic nitrogens is 3. The van der Waals surface area contributed by atoms with Gasteiger partial charge in [0.25, 0.3) is 5.91 Å². The molecule has 0 saturated heterocycles. The van der Waals surface area contributed by atoms with Crippen molar-refractivity contribution in [2.45, 2.75) is 0 Å². The smallest absolute Gasteiger partial charge is 0.274 e. The minimum absolute atomic E-state index is 0.264. The summed E-state index contributed by atoms with van der Waals surface area (Å²) in [5, 5.41) is 7.67. The highest BCUT2D eigenvalue weighted by Crippen LogP contribution is 2.26. The van der Waals surface area contributed by atoms with E-state index in [9.17, 15) is 4.79 Å². The maximum atomic E-state index is 12.6. The van der Waals surface area contributed by atoms with E-state index in [-0.39, 0.29) is 11.6 Å². The van der Waals surface area contributed by atoms with Gasteiger partial charge in [0.05, 0.1) is 12.8 Å². The molecule has 0 radical (unpaired) electrons. The Kier molecular flexibility index (Phi) is 4.29. The first kappa shape index (κ1) is 16.8. The fraction of sp³-hybridized carbons (Fsp3) is 0. The zero-order valence-electron chi connectivity index (χ0n) is 13.9. The van der Waals surface area contributed by atoms with Crippen molar-refractivity contribution < 1.29 is 4.79 Å². The number of hydrogen-bond acceptors (Lipinski definition) is 3. The Hall–Kier alpha value is -3.69. The number of fused-ring (bicyclic) bond motifs is 1. The van der Waals surface area contributed by atoms with Crippen LogP contribution in [0.25, 0.3) is 21.6 Å². The van der Waals surface area contributed by atoms with Crippen molar-refractivity contribution in [1.82, 2.24) is 14.6 Å². The number of benzene rings is 2. The number of amides is 1. The van der Waals surface area contributed by atoms with Gasteiger partial charge in [0.1, 0.15) is 5.69 Å². The van der Waals surface area contributed by atoms with Crippen LogP contribution in [0, 0.1) is 6.57 Å². The summed E-state index contributed by atoms with van der Waals surface area (Å²) in [5.41, 5.74) is 3.59. The van der Waals surface area contributed by atoms with Crippen LogP contribution >= 0.6 is 11.6 Å². The molecule has 0 atom stereocenters. The van der Waals surface area contributed by atoms with Gasteiger partial charge in [-0.25, -0.2) is 14.3 Å². The van der Waals surface area contributed by atoms with Crippen LogP contribution < -0.4 is 5.32 Å². The highest BCUT2D eigenvalue weighted by atomic mass is 35.5. The van der Waals surface area contributed by atoms with Gasteiger partial charge in [-0.3, -0.25) is 4.79 Å². The van der Waals surface area contributed by atoms with E-state index in [0.29, 0.717) is 22.0 Å². The molecule has 6 nitrogen and oxygen atoms in total. The van der Waals surface area contributed by atoms with Crippen molar-refractivity contribution in [3.8, 4) is 11.1 Å². The molecular weight excluding hydrogens is 362 g/mol. The van der Waals surface area contributed by atoms with E-state index >= 15 is 0 Å². The lowest BCUT2D eigenvalue weighted by Crippen LogP contribution is -2.14. The quantitative estimate of drug-likeness (QED) is 0.522. The summed E-state index contributed by atoms with van der Waals surface area (Å²) in [7, 11) is 0. The molecule has 2 aromatic heterocycles. The van der Waals surface area contributed by atoms with Gasteiger partial charge in [-0.05, 0) is 35.9 Å². The summed E-state index contributed by atoms with van der Waals surface area (Å²) in [6, 6.07) is 15.6. The zero-order valence-corrected chi connectivity index (χ0v) is 14.7. The van der Waals surface area contributed by atoms with Crippen molar-refractivity contribution >= 4 is 34.5 Å². The minimum atomic E-state index is -0.341. The maximum Gasteiger partial charge on any atom is 0.274 e. The lowest BCUT2D eigenvalue weighted by atomic mass is 10.1. The lowest BCUT2D eigenvalue weighted by Gasteiger charge is -2.06. The van der Waals surface area contributed by atoms with Crippen LogP contribution in [0.5, 0.6) is 0 Å². The minimum Gasteiger partial charge on any atom is -0.321 e. The molecule has 130 valence electrons. The van der Waals surface area contributed by atoms with E-state index < -0.39 is 0 Å².